The summed E-state index contributed by atoms with van der Waals surface area (Å²) in [6, 6.07) is 0.109. The van der Waals surface area contributed by atoms with Crippen molar-refractivity contribution >= 4 is 50.3 Å². The molecular formula is C8H8N2OPbS. The Labute approximate surface area is 102 Å². The van der Waals surface area contributed by atoms with E-state index in [9.17, 15) is 0 Å². The number of hydrogen-bond donors (Lipinski definition) is 1. The van der Waals surface area contributed by atoms with Crippen LogP contribution >= 0.6 is 12.2 Å². The molecule has 0 aromatic heterocycles. The maximum atomic E-state index is 5.07. The fraction of sp³-hybridized carbons (Fsp3) is 0.250. The summed E-state index contributed by atoms with van der Waals surface area (Å²) < 4.78 is 5.07. The van der Waals surface area contributed by atoms with Crippen molar-refractivity contribution in [1.29, 1.82) is 0 Å². The predicted molar refractivity (Wildman–Crippen MR) is 56.9 cm³/mol. The number of nitrogens with one attached hydrogen (secondary N) is 1. The molecule has 1 N–H and O–H groups in total. The molecule has 0 aromatic carbocycles. The summed E-state index contributed by atoms with van der Waals surface area (Å²) in [5.41, 5.74) is 0.959. The first-order chi connectivity index (χ1) is 5.79. The van der Waals surface area contributed by atoms with Crippen LogP contribution in [-0.4, -0.2) is 51.3 Å². The van der Waals surface area contributed by atoms with Gasteiger partial charge in [0.05, 0.1) is 18.9 Å². The van der Waals surface area contributed by atoms with Gasteiger partial charge in [-0.05, 0) is 30.4 Å². The number of hydrogen-bond acceptors (Lipinski definition) is 2. The van der Waals surface area contributed by atoms with Crippen molar-refractivity contribution in [1.82, 2.24) is 5.32 Å². The van der Waals surface area contributed by atoms with Crippen LogP contribution in [0.15, 0.2) is 29.0 Å². The number of fused-ring (bicyclic) bond motifs is 1. The van der Waals surface area contributed by atoms with Crippen LogP contribution in [-0.2, 0) is 4.74 Å². The van der Waals surface area contributed by atoms with E-state index in [1.807, 2.05) is 18.2 Å². The summed E-state index contributed by atoms with van der Waals surface area (Å²) in [5, 5.41) is 3.59. The van der Waals surface area contributed by atoms with E-state index in [1.54, 1.807) is 7.11 Å². The fourth-order valence-electron chi connectivity index (χ4n) is 1.22. The Kier molecular flexibility index (Phi) is 3.60. The summed E-state index contributed by atoms with van der Waals surface area (Å²) in [7, 11) is 1.64. The zero-order chi connectivity index (χ0) is 8.55. The van der Waals surface area contributed by atoms with Crippen LogP contribution < -0.4 is 5.32 Å². The molecule has 0 fully saturated rings. The maximum absolute atomic E-state index is 5.07. The smallest absolute Gasteiger partial charge is 0.193 e. The predicted octanol–water partition coefficient (Wildman–Crippen LogP) is 0.403. The average Bonchev–Trinajstić information content (AvgIpc) is 2.43. The molecule has 2 aliphatic rings. The summed E-state index contributed by atoms with van der Waals surface area (Å²) in [6.07, 6.45) is 5.75. The number of nitrogens with zero attached hydrogens (tertiary/aromatic N) is 1. The van der Waals surface area contributed by atoms with Gasteiger partial charge in [-0.3, -0.25) is 0 Å². The van der Waals surface area contributed by atoms with Gasteiger partial charge in [0, 0.05) is 27.3 Å². The Hall–Kier alpha value is -0.238. The van der Waals surface area contributed by atoms with E-state index in [0.717, 1.165) is 11.5 Å². The van der Waals surface area contributed by atoms with Gasteiger partial charge in [0.2, 0.25) is 0 Å². The van der Waals surface area contributed by atoms with Crippen molar-refractivity contribution in [2.75, 3.05) is 7.11 Å². The van der Waals surface area contributed by atoms with Gasteiger partial charge in [0.1, 0.15) is 5.76 Å². The van der Waals surface area contributed by atoms with Crippen LogP contribution in [0.25, 0.3) is 0 Å². The zero-order valence-corrected chi connectivity index (χ0v) is 11.8. The van der Waals surface area contributed by atoms with E-state index >= 15 is 0 Å². The summed E-state index contributed by atoms with van der Waals surface area (Å²) in [5.74, 6) is 0.844. The van der Waals surface area contributed by atoms with Gasteiger partial charge in [0.25, 0.3) is 0 Å². The van der Waals surface area contributed by atoms with Crippen molar-refractivity contribution in [3.05, 3.63) is 24.0 Å². The quantitative estimate of drug-likeness (QED) is 0.523. The van der Waals surface area contributed by atoms with Gasteiger partial charge in [-0.1, -0.05) is 0 Å². The number of methoxy groups -OCH3 is 1. The van der Waals surface area contributed by atoms with Crippen LogP contribution in [0.3, 0.4) is 0 Å². The molecule has 13 heavy (non-hydrogen) atoms. The second kappa shape index (κ2) is 4.32. The molecule has 66 valence electrons. The summed E-state index contributed by atoms with van der Waals surface area (Å²) in [6.45, 7) is 0. The second-order valence-electron chi connectivity index (χ2n) is 2.57. The number of allylic oxidation sites excluding steroid dienone is 1. The normalized spacial score (nSPS) is 23.8. The van der Waals surface area contributed by atoms with Crippen LogP contribution in [0.1, 0.15) is 0 Å². The Bertz CT molecular complexity index is 322. The van der Waals surface area contributed by atoms with Gasteiger partial charge in [-0.2, -0.15) is 0 Å². The standard InChI is InChI=1S/C8H8N2OS.Pb/c1-11-5-2-3-6-7(4-5)10-8(12)9-6;/h2-4,7H,1H3,(H,10,12);. The molecule has 4 radical (unpaired) electrons. The molecule has 3 nitrogen and oxygen atoms in total. The van der Waals surface area contributed by atoms with Crippen molar-refractivity contribution < 1.29 is 4.74 Å². The first kappa shape index (κ1) is 10.8. The number of rotatable bonds is 1. The van der Waals surface area contributed by atoms with Crippen LogP contribution in [0.5, 0.6) is 0 Å². The number of thiocarbonyl (C=S) groups is 1. The molecule has 0 saturated carbocycles. The molecule has 0 amide bonds. The van der Waals surface area contributed by atoms with Gasteiger partial charge < -0.3 is 10.1 Å². The molecule has 1 heterocycles. The van der Waals surface area contributed by atoms with Crippen molar-refractivity contribution in [3.63, 3.8) is 0 Å². The number of ether oxygens (including phenoxy) is 1. The van der Waals surface area contributed by atoms with E-state index in [2.05, 4.69) is 10.3 Å². The maximum Gasteiger partial charge on any atom is 0.193 e. The molecule has 0 aromatic rings. The Morgan fingerprint density at radius 2 is 2.31 bits per heavy atom. The zero-order valence-electron chi connectivity index (χ0n) is 7.07. The minimum absolute atomic E-state index is 0. The molecule has 1 aliphatic carbocycles. The molecule has 0 saturated heterocycles. The second-order valence-corrected chi connectivity index (χ2v) is 2.96. The van der Waals surface area contributed by atoms with Gasteiger partial charge >= 0.3 is 0 Å². The molecular weight excluding hydrogens is 379 g/mol. The first-order valence-electron chi connectivity index (χ1n) is 3.62. The summed E-state index contributed by atoms with van der Waals surface area (Å²) >= 11 is 4.91. The van der Waals surface area contributed by atoms with E-state index < -0.39 is 0 Å². The largest absolute Gasteiger partial charge is 0.497 e. The Balaban J connectivity index is 0.000000845. The summed E-state index contributed by atoms with van der Waals surface area (Å²) in [4.78, 5) is 4.13. The topological polar surface area (TPSA) is 33.6 Å². The molecule has 0 bridgehead atoms. The molecule has 1 aliphatic heterocycles. The third-order valence-electron chi connectivity index (χ3n) is 1.81. The van der Waals surface area contributed by atoms with E-state index in [0.29, 0.717) is 5.11 Å². The first-order valence-corrected chi connectivity index (χ1v) is 4.03. The van der Waals surface area contributed by atoms with Gasteiger partial charge in [0.15, 0.2) is 5.11 Å². The van der Waals surface area contributed by atoms with E-state index in [1.165, 1.54) is 0 Å². The van der Waals surface area contributed by atoms with Crippen LogP contribution in [0.4, 0.5) is 0 Å². The third-order valence-corrected chi connectivity index (χ3v) is 2.02. The Morgan fingerprint density at radius 1 is 1.54 bits per heavy atom. The minimum Gasteiger partial charge on any atom is -0.497 e. The van der Waals surface area contributed by atoms with Crippen molar-refractivity contribution in [3.8, 4) is 0 Å². The van der Waals surface area contributed by atoms with Crippen LogP contribution in [0.2, 0.25) is 0 Å². The molecule has 2 rings (SSSR count). The SMILES string of the molecule is COC1=CC2NC(=S)N=C2C=C1.[Pb]. The van der Waals surface area contributed by atoms with Crippen LogP contribution in [0, 0.1) is 0 Å². The minimum atomic E-state index is 0. The third kappa shape index (κ3) is 2.16. The molecule has 0 spiro atoms. The average molecular weight is 387 g/mol. The molecule has 5 heteroatoms. The molecule has 1 atom stereocenters. The van der Waals surface area contributed by atoms with E-state index in [4.69, 9.17) is 17.0 Å². The van der Waals surface area contributed by atoms with E-state index in [-0.39, 0.29) is 33.3 Å². The monoisotopic (exact) mass is 388 g/mol. The fourth-order valence-corrected chi connectivity index (χ4v) is 1.45. The van der Waals surface area contributed by atoms with Crippen molar-refractivity contribution in [2.45, 2.75) is 6.04 Å². The Morgan fingerprint density at radius 3 is 3.00 bits per heavy atom. The van der Waals surface area contributed by atoms with Gasteiger partial charge in [-0.25, -0.2) is 4.99 Å². The van der Waals surface area contributed by atoms with Gasteiger partial charge in [-0.15, -0.1) is 0 Å². The van der Waals surface area contributed by atoms with Crippen molar-refractivity contribution in [2.24, 2.45) is 4.99 Å². The number of aliphatic imine (C=N–C) groups is 1. The molecule has 1 unspecified atom stereocenters.